The molecular formula is C14H14Cl2Te. The summed E-state index contributed by atoms with van der Waals surface area (Å²) in [5.74, 6) is 0. The molecule has 0 heterocycles. The summed E-state index contributed by atoms with van der Waals surface area (Å²) in [4.78, 5) is 0. The Bertz CT molecular complexity index is 488. The van der Waals surface area contributed by atoms with Crippen LogP contribution in [0.25, 0.3) is 0 Å². The molecule has 0 N–H and O–H groups in total. The van der Waals surface area contributed by atoms with Crippen molar-refractivity contribution in [3.63, 3.8) is 0 Å². The van der Waals surface area contributed by atoms with Crippen LogP contribution in [0, 0.1) is 13.8 Å². The standard InChI is InChI=1S/C14H14Cl2Te/c1-11-7-3-5-9-13(11)17(15,16)14-10-6-4-8-12(14)2/h3-10H,1-2H3. The molecule has 0 aromatic heterocycles. The first-order valence-corrected chi connectivity index (χ1v) is 13.6. The van der Waals surface area contributed by atoms with Crippen LogP contribution in [0.4, 0.5) is 0 Å². The number of rotatable bonds is 2. The summed E-state index contributed by atoms with van der Waals surface area (Å²) in [5, 5.41) is 0. The Hall–Kier alpha value is -0.190. The molecule has 0 aliphatic heterocycles. The molecule has 0 unspecified atom stereocenters. The molecule has 0 fully saturated rings. The first kappa shape index (κ1) is 13.2. The number of benzene rings is 2. The van der Waals surface area contributed by atoms with E-state index in [1.807, 2.05) is 24.3 Å². The Balaban J connectivity index is 2.58. The van der Waals surface area contributed by atoms with Gasteiger partial charge in [-0.05, 0) is 0 Å². The molecule has 0 spiro atoms. The zero-order chi connectivity index (χ0) is 12.5. The van der Waals surface area contributed by atoms with E-state index in [2.05, 4.69) is 38.1 Å². The number of hydrogen-bond donors (Lipinski definition) is 0. The normalized spacial score (nSPS) is 12.5. The van der Waals surface area contributed by atoms with E-state index in [0.717, 1.165) is 7.22 Å². The van der Waals surface area contributed by atoms with Gasteiger partial charge in [-0.3, -0.25) is 0 Å². The molecule has 0 amide bonds. The summed E-state index contributed by atoms with van der Waals surface area (Å²) in [6.45, 7) is 4.14. The summed E-state index contributed by atoms with van der Waals surface area (Å²) in [6.07, 6.45) is 0. The van der Waals surface area contributed by atoms with Crippen LogP contribution in [0.3, 0.4) is 0 Å². The van der Waals surface area contributed by atoms with Gasteiger partial charge >= 0.3 is 115 Å². The predicted molar refractivity (Wildman–Crippen MR) is 79.1 cm³/mol. The molecule has 0 atom stereocenters. The van der Waals surface area contributed by atoms with Crippen molar-refractivity contribution >= 4 is 41.1 Å². The van der Waals surface area contributed by atoms with Crippen LogP contribution in [-0.4, -0.2) is 15.9 Å². The van der Waals surface area contributed by atoms with Crippen LogP contribution in [0.15, 0.2) is 48.5 Å². The Labute approximate surface area is 114 Å². The second-order valence-electron chi connectivity index (χ2n) is 4.00. The first-order valence-electron chi connectivity index (χ1n) is 5.37. The van der Waals surface area contributed by atoms with Crippen LogP contribution < -0.4 is 7.22 Å². The van der Waals surface area contributed by atoms with Gasteiger partial charge in [0.05, 0.1) is 0 Å². The van der Waals surface area contributed by atoms with Crippen molar-refractivity contribution in [1.82, 2.24) is 0 Å². The number of hydrogen-bond acceptors (Lipinski definition) is 0. The van der Waals surface area contributed by atoms with Gasteiger partial charge in [-0.15, -0.1) is 0 Å². The minimum absolute atomic E-state index is 1.13. The average molecular weight is 381 g/mol. The van der Waals surface area contributed by atoms with E-state index in [4.69, 9.17) is 17.9 Å². The van der Waals surface area contributed by atoms with Gasteiger partial charge in [-0.25, -0.2) is 0 Å². The summed E-state index contributed by atoms with van der Waals surface area (Å²) < 4.78 is 2.26. The molecule has 0 aliphatic carbocycles. The van der Waals surface area contributed by atoms with E-state index in [9.17, 15) is 0 Å². The third kappa shape index (κ3) is 2.64. The maximum atomic E-state index is 6.75. The fourth-order valence-electron chi connectivity index (χ4n) is 1.81. The van der Waals surface area contributed by atoms with Crippen molar-refractivity contribution in [2.24, 2.45) is 0 Å². The van der Waals surface area contributed by atoms with Crippen molar-refractivity contribution in [3.8, 4) is 0 Å². The van der Waals surface area contributed by atoms with Crippen molar-refractivity contribution < 1.29 is 0 Å². The molecule has 0 saturated heterocycles. The van der Waals surface area contributed by atoms with E-state index in [1.165, 1.54) is 11.1 Å². The van der Waals surface area contributed by atoms with E-state index < -0.39 is 15.9 Å². The summed E-state index contributed by atoms with van der Waals surface area (Å²) in [7, 11) is 13.5. The summed E-state index contributed by atoms with van der Waals surface area (Å²) in [5.41, 5.74) is 2.36. The zero-order valence-corrected chi connectivity index (χ0v) is 13.6. The second kappa shape index (κ2) is 5.21. The van der Waals surface area contributed by atoms with Crippen LogP contribution in [0.2, 0.25) is 0 Å². The number of aryl methyl sites for hydroxylation is 2. The van der Waals surface area contributed by atoms with Crippen molar-refractivity contribution in [1.29, 1.82) is 0 Å². The van der Waals surface area contributed by atoms with E-state index in [1.54, 1.807) is 0 Å². The Morgan fingerprint density at radius 2 is 1.06 bits per heavy atom. The fourth-order valence-corrected chi connectivity index (χ4v) is 11.2. The molecule has 2 aromatic carbocycles. The van der Waals surface area contributed by atoms with Crippen LogP contribution >= 0.6 is 17.9 Å². The molecule has 90 valence electrons. The molecule has 0 saturated carbocycles. The second-order valence-corrected chi connectivity index (χ2v) is 16.5. The third-order valence-electron chi connectivity index (χ3n) is 2.74. The van der Waals surface area contributed by atoms with E-state index >= 15 is 0 Å². The molecule has 17 heavy (non-hydrogen) atoms. The Morgan fingerprint density at radius 1 is 0.706 bits per heavy atom. The van der Waals surface area contributed by atoms with E-state index in [-0.39, 0.29) is 0 Å². The van der Waals surface area contributed by atoms with Crippen LogP contribution in [0.1, 0.15) is 11.1 Å². The Kier molecular flexibility index (Phi) is 4.06. The SMILES string of the molecule is Cc1ccccc1[Te](Cl)(Cl)c1ccccc1C. The van der Waals surface area contributed by atoms with Gasteiger partial charge in [0.15, 0.2) is 0 Å². The van der Waals surface area contributed by atoms with Crippen molar-refractivity contribution in [2.75, 3.05) is 0 Å². The van der Waals surface area contributed by atoms with Crippen molar-refractivity contribution in [3.05, 3.63) is 59.7 Å². The fraction of sp³-hybridized carbons (Fsp3) is 0.143. The molecule has 0 radical (unpaired) electrons. The molecule has 0 aliphatic rings. The first-order chi connectivity index (χ1) is 8.03. The molecule has 2 rings (SSSR count). The summed E-state index contributed by atoms with van der Waals surface area (Å²) in [6, 6.07) is 16.3. The van der Waals surface area contributed by atoms with Crippen LogP contribution in [-0.2, 0) is 0 Å². The third-order valence-corrected chi connectivity index (χ3v) is 13.0. The topological polar surface area (TPSA) is 0 Å². The van der Waals surface area contributed by atoms with E-state index in [0.29, 0.717) is 0 Å². The molecule has 0 nitrogen and oxygen atoms in total. The van der Waals surface area contributed by atoms with Gasteiger partial charge in [-0.1, -0.05) is 0 Å². The monoisotopic (exact) mass is 382 g/mol. The Morgan fingerprint density at radius 3 is 1.41 bits per heavy atom. The molecular weight excluding hydrogens is 367 g/mol. The van der Waals surface area contributed by atoms with Gasteiger partial charge < -0.3 is 0 Å². The van der Waals surface area contributed by atoms with Crippen LogP contribution in [0.5, 0.6) is 0 Å². The van der Waals surface area contributed by atoms with Gasteiger partial charge in [0.1, 0.15) is 0 Å². The maximum absolute atomic E-state index is 6.75. The molecule has 2 aromatic rings. The van der Waals surface area contributed by atoms with Gasteiger partial charge in [0, 0.05) is 0 Å². The quantitative estimate of drug-likeness (QED) is 0.701. The minimum atomic E-state index is -3.19. The van der Waals surface area contributed by atoms with Gasteiger partial charge in [-0.2, -0.15) is 0 Å². The zero-order valence-electron chi connectivity index (χ0n) is 9.78. The summed E-state index contributed by atoms with van der Waals surface area (Å²) >= 11 is -3.19. The van der Waals surface area contributed by atoms with Gasteiger partial charge in [0.2, 0.25) is 0 Å². The number of halogens is 2. The van der Waals surface area contributed by atoms with Crippen molar-refractivity contribution in [2.45, 2.75) is 13.8 Å². The predicted octanol–water partition coefficient (Wildman–Crippen LogP) is 3.34. The van der Waals surface area contributed by atoms with Gasteiger partial charge in [0.25, 0.3) is 0 Å². The molecule has 3 heteroatoms. The average Bonchev–Trinajstić information content (AvgIpc) is 2.29. The molecule has 0 bridgehead atoms.